The summed E-state index contributed by atoms with van der Waals surface area (Å²) in [6.07, 6.45) is 4.60. The highest BCUT2D eigenvalue weighted by molar-refractivity contribution is 5.90. The molecule has 19 heavy (non-hydrogen) atoms. The molecule has 3 heteroatoms. The van der Waals surface area contributed by atoms with Gasteiger partial charge in [0.2, 0.25) is 0 Å². The van der Waals surface area contributed by atoms with E-state index < -0.39 is 0 Å². The van der Waals surface area contributed by atoms with E-state index in [-0.39, 0.29) is 0 Å². The van der Waals surface area contributed by atoms with Gasteiger partial charge in [-0.05, 0) is 44.0 Å². The molecular formula is C16H19N3. The maximum Gasteiger partial charge on any atom is 0.0722 e. The number of aromatic nitrogens is 1. The molecule has 1 aromatic heterocycles. The van der Waals surface area contributed by atoms with Crippen LogP contribution in [0.1, 0.15) is 12.8 Å². The molecule has 3 nitrogen and oxygen atoms in total. The first-order valence-corrected chi connectivity index (χ1v) is 7.23. The fourth-order valence-corrected chi connectivity index (χ4v) is 3.55. The lowest BCUT2D eigenvalue weighted by Crippen LogP contribution is -2.53. The number of nitrogens with one attached hydrogen (secondary N) is 1. The lowest BCUT2D eigenvalue weighted by molar-refractivity contribution is 0.0976. The first-order chi connectivity index (χ1) is 9.40. The predicted octanol–water partition coefficient (Wildman–Crippen LogP) is 2.74. The standard InChI is InChI=1S/C16H19N3/c1-2-4-14-13(3-1)15(5-8-17-14)18-16-11-19-9-6-12(16)7-10-19/h1-5,8,12,16H,6-7,9-11H2,(H,17,18). The highest BCUT2D eigenvalue weighted by Gasteiger charge is 2.34. The Kier molecular flexibility index (Phi) is 2.66. The molecule has 3 aliphatic rings. The van der Waals surface area contributed by atoms with E-state index in [0.717, 1.165) is 11.4 Å². The van der Waals surface area contributed by atoms with Crippen molar-refractivity contribution in [3.05, 3.63) is 36.5 Å². The molecule has 0 amide bonds. The summed E-state index contributed by atoms with van der Waals surface area (Å²) in [6, 6.07) is 11.1. The fraction of sp³-hybridized carbons (Fsp3) is 0.438. The van der Waals surface area contributed by atoms with Crippen molar-refractivity contribution in [1.29, 1.82) is 0 Å². The van der Waals surface area contributed by atoms with Gasteiger partial charge in [-0.15, -0.1) is 0 Å². The van der Waals surface area contributed by atoms with E-state index in [1.807, 2.05) is 12.3 Å². The zero-order valence-corrected chi connectivity index (χ0v) is 11.0. The Morgan fingerprint density at radius 3 is 2.74 bits per heavy atom. The Balaban J connectivity index is 1.65. The number of anilines is 1. The molecule has 1 N–H and O–H groups in total. The van der Waals surface area contributed by atoms with Crippen LogP contribution in [0.25, 0.3) is 10.9 Å². The van der Waals surface area contributed by atoms with Crippen LogP contribution < -0.4 is 5.32 Å². The summed E-state index contributed by atoms with van der Waals surface area (Å²) in [7, 11) is 0. The van der Waals surface area contributed by atoms with E-state index >= 15 is 0 Å². The Morgan fingerprint density at radius 1 is 1.11 bits per heavy atom. The Bertz CT molecular complexity index is 582. The van der Waals surface area contributed by atoms with Crippen LogP contribution in [0.4, 0.5) is 5.69 Å². The van der Waals surface area contributed by atoms with Crippen molar-refractivity contribution in [2.75, 3.05) is 25.0 Å². The second-order valence-electron chi connectivity index (χ2n) is 5.76. The molecule has 5 rings (SSSR count). The van der Waals surface area contributed by atoms with Gasteiger partial charge in [0.1, 0.15) is 0 Å². The van der Waals surface area contributed by atoms with Crippen molar-refractivity contribution in [1.82, 2.24) is 9.88 Å². The summed E-state index contributed by atoms with van der Waals surface area (Å²) in [5, 5.41) is 5.01. The van der Waals surface area contributed by atoms with E-state index in [1.165, 1.54) is 43.5 Å². The molecule has 3 saturated heterocycles. The second-order valence-corrected chi connectivity index (χ2v) is 5.76. The number of rotatable bonds is 2. The van der Waals surface area contributed by atoms with Gasteiger partial charge < -0.3 is 10.2 Å². The maximum absolute atomic E-state index is 4.43. The normalized spacial score (nSPS) is 29.6. The van der Waals surface area contributed by atoms with Crippen molar-refractivity contribution in [2.45, 2.75) is 18.9 Å². The Labute approximate surface area is 113 Å². The number of fused-ring (bicyclic) bond motifs is 4. The van der Waals surface area contributed by atoms with Crippen LogP contribution >= 0.6 is 0 Å². The number of pyridine rings is 1. The number of piperidine rings is 3. The average Bonchev–Trinajstić information content (AvgIpc) is 2.49. The highest BCUT2D eigenvalue weighted by Crippen LogP contribution is 2.31. The first kappa shape index (κ1) is 11.2. The molecule has 4 heterocycles. The summed E-state index contributed by atoms with van der Waals surface area (Å²) in [5.41, 5.74) is 2.32. The summed E-state index contributed by atoms with van der Waals surface area (Å²) in [4.78, 5) is 7.02. The third-order valence-electron chi connectivity index (χ3n) is 4.65. The van der Waals surface area contributed by atoms with Crippen LogP contribution in [0.3, 0.4) is 0 Å². The summed E-state index contributed by atoms with van der Waals surface area (Å²) in [5.74, 6) is 0.844. The van der Waals surface area contributed by atoms with Crippen molar-refractivity contribution >= 4 is 16.6 Å². The van der Waals surface area contributed by atoms with Gasteiger partial charge in [-0.25, -0.2) is 0 Å². The minimum absolute atomic E-state index is 0.605. The molecule has 2 aromatic rings. The minimum atomic E-state index is 0.605. The molecule has 2 bridgehead atoms. The minimum Gasteiger partial charge on any atom is -0.380 e. The molecule has 0 radical (unpaired) electrons. The van der Waals surface area contributed by atoms with Gasteiger partial charge in [-0.3, -0.25) is 4.98 Å². The number of hydrogen-bond donors (Lipinski definition) is 1. The molecule has 0 aliphatic carbocycles. The first-order valence-electron chi connectivity index (χ1n) is 7.23. The molecule has 1 unspecified atom stereocenters. The van der Waals surface area contributed by atoms with E-state index in [2.05, 4.69) is 39.5 Å². The number of nitrogens with zero attached hydrogens (tertiary/aromatic N) is 2. The molecule has 3 fully saturated rings. The van der Waals surface area contributed by atoms with Crippen LogP contribution in [0.2, 0.25) is 0 Å². The van der Waals surface area contributed by atoms with Crippen LogP contribution in [0.5, 0.6) is 0 Å². The zero-order valence-electron chi connectivity index (χ0n) is 11.0. The van der Waals surface area contributed by atoms with Gasteiger partial charge in [-0.1, -0.05) is 18.2 Å². The third kappa shape index (κ3) is 1.98. The third-order valence-corrected chi connectivity index (χ3v) is 4.65. The topological polar surface area (TPSA) is 28.2 Å². The second kappa shape index (κ2) is 4.49. The molecule has 98 valence electrons. The molecular weight excluding hydrogens is 234 g/mol. The van der Waals surface area contributed by atoms with Gasteiger partial charge in [0, 0.05) is 29.9 Å². The SMILES string of the molecule is c1ccc2c(NC3CN4CCC3CC4)ccnc2c1. The van der Waals surface area contributed by atoms with Crippen molar-refractivity contribution in [2.24, 2.45) is 5.92 Å². The van der Waals surface area contributed by atoms with E-state index in [1.54, 1.807) is 0 Å². The van der Waals surface area contributed by atoms with Gasteiger partial charge in [0.25, 0.3) is 0 Å². The van der Waals surface area contributed by atoms with Gasteiger partial charge in [-0.2, -0.15) is 0 Å². The lowest BCUT2D eigenvalue weighted by Gasteiger charge is -2.45. The number of para-hydroxylation sites is 1. The van der Waals surface area contributed by atoms with Gasteiger partial charge >= 0.3 is 0 Å². The van der Waals surface area contributed by atoms with Crippen molar-refractivity contribution in [3.63, 3.8) is 0 Å². The zero-order chi connectivity index (χ0) is 12.7. The van der Waals surface area contributed by atoms with E-state index in [0.29, 0.717) is 6.04 Å². The monoisotopic (exact) mass is 253 g/mol. The molecule has 1 aromatic carbocycles. The quantitative estimate of drug-likeness (QED) is 0.892. The number of hydrogen-bond acceptors (Lipinski definition) is 3. The fourth-order valence-electron chi connectivity index (χ4n) is 3.55. The van der Waals surface area contributed by atoms with E-state index in [9.17, 15) is 0 Å². The van der Waals surface area contributed by atoms with Crippen LogP contribution in [0, 0.1) is 5.92 Å². The van der Waals surface area contributed by atoms with Crippen molar-refractivity contribution in [3.8, 4) is 0 Å². The average molecular weight is 253 g/mol. The van der Waals surface area contributed by atoms with Crippen LogP contribution in [0.15, 0.2) is 36.5 Å². The van der Waals surface area contributed by atoms with Crippen LogP contribution in [-0.2, 0) is 0 Å². The van der Waals surface area contributed by atoms with E-state index in [4.69, 9.17) is 0 Å². The predicted molar refractivity (Wildman–Crippen MR) is 78.3 cm³/mol. The van der Waals surface area contributed by atoms with Crippen molar-refractivity contribution < 1.29 is 0 Å². The molecule has 0 saturated carbocycles. The van der Waals surface area contributed by atoms with Gasteiger partial charge in [0.05, 0.1) is 5.52 Å². The maximum atomic E-state index is 4.43. The number of benzene rings is 1. The summed E-state index contributed by atoms with van der Waals surface area (Å²) >= 11 is 0. The summed E-state index contributed by atoms with van der Waals surface area (Å²) in [6.45, 7) is 3.78. The lowest BCUT2D eigenvalue weighted by atomic mass is 9.84. The smallest absolute Gasteiger partial charge is 0.0722 e. The Hall–Kier alpha value is -1.61. The Morgan fingerprint density at radius 2 is 1.95 bits per heavy atom. The van der Waals surface area contributed by atoms with Gasteiger partial charge in [0.15, 0.2) is 0 Å². The molecule has 1 atom stereocenters. The molecule has 0 spiro atoms. The highest BCUT2D eigenvalue weighted by atomic mass is 15.2. The van der Waals surface area contributed by atoms with Crippen LogP contribution in [-0.4, -0.2) is 35.6 Å². The summed E-state index contributed by atoms with van der Waals surface area (Å²) < 4.78 is 0. The largest absolute Gasteiger partial charge is 0.380 e. The molecule has 3 aliphatic heterocycles.